The molecule has 0 aliphatic carbocycles. The van der Waals surface area contributed by atoms with Crippen LogP contribution in [0.25, 0.3) is 0 Å². The normalized spacial score (nSPS) is 11.4. The van der Waals surface area contributed by atoms with Crippen LogP contribution in [0.3, 0.4) is 0 Å². The van der Waals surface area contributed by atoms with E-state index in [1.807, 2.05) is 56.3 Å². The first-order chi connectivity index (χ1) is 21.5. The zero-order valence-electron chi connectivity index (χ0n) is 27.8. The van der Waals surface area contributed by atoms with Crippen molar-refractivity contribution in [3.05, 3.63) is 89.0 Å². The van der Waals surface area contributed by atoms with Crippen LogP contribution in [0.15, 0.2) is 66.7 Å². The van der Waals surface area contributed by atoms with E-state index >= 15 is 0 Å². The summed E-state index contributed by atoms with van der Waals surface area (Å²) in [6, 6.07) is 20.0. The average molecular weight is 653 g/mol. The summed E-state index contributed by atoms with van der Waals surface area (Å²) in [7, 11) is 0. The fourth-order valence-corrected chi connectivity index (χ4v) is 5.02. The molecule has 3 rings (SSSR count). The third kappa shape index (κ3) is 12.0. The molecule has 0 saturated carbocycles. The molecule has 46 heavy (non-hydrogen) atoms. The first-order valence-corrected chi connectivity index (χ1v) is 15.6. The summed E-state index contributed by atoms with van der Waals surface area (Å²) in [5.41, 5.74) is 11.1. The number of urea groups is 1. The maximum absolute atomic E-state index is 13.2. The van der Waals surface area contributed by atoms with E-state index in [2.05, 4.69) is 43.2 Å². The smallest absolute Gasteiger partial charge is 0.340 e. The molecule has 0 aromatic heterocycles. The number of nitrogens with two attached hydrogens (primary N) is 1. The van der Waals surface area contributed by atoms with Gasteiger partial charge in [-0.2, -0.15) is 0 Å². The monoisotopic (exact) mass is 652 g/mol. The number of nitrogens with zero attached hydrogens (tertiary/aromatic N) is 1. The number of esters is 2. The van der Waals surface area contributed by atoms with Crippen molar-refractivity contribution < 1.29 is 23.9 Å². The summed E-state index contributed by atoms with van der Waals surface area (Å²) < 4.78 is 10.4. The molecule has 0 aliphatic rings. The first kappa shape index (κ1) is 38.1. The predicted octanol–water partition coefficient (Wildman–Crippen LogP) is 7.88. The Labute approximate surface area is 279 Å². The lowest BCUT2D eigenvalue weighted by molar-refractivity contribution is -0.152. The number of amides is 2. The molecule has 0 spiro atoms. The maximum Gasteiger partial charge on any atom is 0.340 e. The highest BCUT2D eigenvalue weighted by Gasteiger charge is 2.21. The van der Waals surface area contributed by atoms with Crippen LogP contribution in [-0.2, 0) is 20.8 Å². The van der Waals surface area contributed by atoms with Crippen LogP contribution in [0, 0.1) is 18.8 Å². The van der Waals surface area contributed by atoms with Gasteiger partial charge >= 0.3 is 18.0 Å². The van der Waals surface area contributed by atoms with Crippen LogP contribution in [0.2, 0.25) is 0 Å². The first-order valence-electron chi connectivity index (χ1n) is 15.6. The van der Waals surface area contributed by atoms with Gasteiger partial charge in [-0.3, -0.25) is 4.79 Å². The average Bonchev–Trinajstić information content (AvgIpc) is 3.00. The van der Waals surface area contributed by atoms with Crippen molar-refractivity contribution in [3.63, 3.8) is 0 Å². The molecular formula is C36H49ClN4O5. The quantitative estimate of drug-likeness (QED) is 0.113. The molecule has 0 radical (unpaired) electrons. The number of hydrogen-bond donors (Lipinski definition) is 3. The van der Waals surface area contributed by atoms with E-state index in [-0.39, 0.29) is 30.8 Å². The molecule has 2 amide bonds. The van der Waals surface area contributed by atoms with Crippen molar-refractivity contribution in [1.82, 2.24) is 0 Å². The number of carbonyl (C=O) groups excluding carboxylic acids is 3. The van der Waals surface area contributed by atoms with E-state index in [1.54, 1.807) is 24.3 Å². The molecule has 3 aromatic rings. The van der Waals surface area contributed by atoms with Crippen molar-refractivity contribution in [1.29, 1.82) is 0 Å². The van der Waals surface area contributed by atoms with Crippen LogP contribution in [0.4, 0.5) is 21.9 Å². The highest BCUT2D eigenvalue weighted by molar-refractivity contribution is 6.02. The summed E-state index contributed by atoms with van der Waals surface area (Å²) >= 11 is 0. The summed E-state index contributed by atoms with van der Waals surface area (Å²) in [6.45, 7) is 14.2. The highest BCUT2D eigenvalue weighted by Crippen LogP contribution is 2.34. The topological polar surface area (TPSA) is 123 Å². The fraction of sp³-hybridized carbons (Fsp3) is 0.417. The Kier molecular flexibility index (Phi) is 15.6. The minimum Gasteiger partial charge on any atom is -0.428 e. The summed E-state index contributed by atoms with van der Waals surface area (Å²) in [4.78, 5) is 40.6. The number of anilines is 3. The molecule has 0 aliphatic heterocycles. The number of carbonyl (C=O) groups is 3. The maximum atomic E-state index is 13.2. The van der Waals surface area contributed by atoms with E-state index in [0.717, 1.165) is 35.5 Å². The van der Waals surface area contributed by atoms with E-state index < -0.39 is 18.7 Å². The van der Waals surface area contributed by atoms with Crippen LogP contribution in [0.5, 0.6) is 0 Å². The zero-order valence-corrected chi connectivity index (χ0v) is 28.6. The Morgan fingerprint density at radius 2 is 1.48 bits per heavy atom. The standard InChI is InChI=1S/C36H48N4O5.ClH/c1-7-28(19-34(41)44-23-45-35(42)29-12-10-27(20-37)11-13-29)30-14-17-33(40(21-24(2)3)22-25(4)5)32(18-30)39-36(43)38-31-15-8-26(6)9-16-31;/h8-18,24-25,28H,7,19-23,37H2,1-6H3,(H2,38,39,43);1H/t28-;/m0./s1. The van der Waals surface area contributed by atoms with E-state index in [0.29, 0.717) is 41.7 Å². The van der Waals surface area contributed by atoms with Crippen LogP contribution in [0.1, 0.15) is 80.4 Å². The third-order valence-electron chi connectivity index (χ3n) is 7.30. The van der Waals surface area contributed by atoms with Crippen molar-refractivity contribution in [3.8, 4) is 0 Å². The van der Waals surface area contributed by atoms with Crippen molar-refractivity contribution in [2.75, 3.05) is 35.4 Å². The molecule has 9 nitrogen and oxygen atoms in total. The molecular weight excluding hydrogens is 604 g/mol. The molecule has 0 bridgehead atoms. The summed E-state index contributed by atoms with van der Waals surface area (Å²) in [5, 5.41) is 5.99. The SMILES string of the molecule is CC[C@@H](CC(=O)OCOC(=O)c1ccc(CN)cc1)c1ccc(N(CC(C)C)CC(C)C)c(NC(=O)Nc2ccc(C)cc2)c1.Cl. The predicted molar refractivity (Wildman–Crippen MR) is 188 cm³/mol. The lowest BCUT2D eigenvalue weighted by Gasteiger charge is -2.31. The second-order valence-corrected chi connectivity index (χ2v) is 12.2. The zero-order chi connectivity index (χ0) is 32.9. The van der Waals surface area contributed by atoms with Crippen LogP contribution in [-0.4, -0.2) is 37.9 Å². The van der Waals surface area contributed by atoms with Gasteiger partial charge in [-0.25, -0.2) is 9.59 Å². The molecule has 10 heteroatoms. The number of halogens is 1. The number of ether oxygens (including phenoxy) is 2. The minimum atomic E-state index is -0.582. The van der Waals surface area contributed by atoms with Gasteiger partial charge in [0.25, 0.3) is 0 Å². The fourth-order valence-electron chi connectivity index (χ4n) is 5.02. The van der Waals surface area contributed by atoms with Gasteiger partial charge in [-0.15, -0.1) is 12.4 Å². The van der Waals surface area contributed by atoms with Crippen LogP contribution < -0.4 is 21.3 Å². The Bertz CT molecular complexity index is 1400. The molecule has 4 N–H and O–H groups in total. The molecule has 0 unspecified atom stereocenters. The van der Waals surface area contributed by atoms with Crippen molar-refractivity contribution >= 4 is 47.4 Å². The van der Waals surface area contributed by atoms with Gasteiger partial charge in [0, 0.05) is 25.3 Å². The van der Waals surface area contributed by atoms with Crippen molar-refractivity contribution in [2.24, 2.45) is 17.6 Å². The highest BCUT2D eigenvalue weighted by atomic mass is 35.5. The minimum absolute atomic E-state index is 0. The summed E-state index contributed by atoms with van der Waals surface area (Å²) in [5.74, 6) is -0.410. The van der Waals surface area contributed by atoms with Gasteiger partial charge in [0.15, 0.2) is 0 Å². The Hall–Kier alpha value is -4.08. The molecule has 0 saturated heterocycles. The molecule has 0 heterocycles. The van der Waals surface area contributed by atoms with E-state index in [9.17, 15) is 14.4 Å². The summed E-state index contributed by atoms with van der Waals surface area (Å²) in [6.07, 6.45) is 0.758. The molecule has 250 valence electrons. The van der Waals surface area contributed by atoms with Gasteiger partial charge < -0.3 is 30.7 Å². The Morgan fingerprint density at radius 3 is 2.04 bits per heavy atom. The lowest BCUT2D eigenvalue weighted by atomic mass is 9.92. The molecule has 1 atom stereocenters. The molecule has 3 aromatic carbocycles. The second-order valence-electron chi connectivity index (χ2n) is 12.2. The van der Waals surface area contributed by atoms with E-state index in [1.165, 1.54) is 0 Å². The van der Waals surface area contributed by atoms with Gasteiger partial charge in [-0.05, 0) is 78.6 Å². The number of benzene rings is 3. The number of hydrogen-bond acceptors (Lipinski definition) is 7. The van der Waals surface area contributed by atoms with Gasteiger partial charge in [0.1, 0.15) is 0 Å². The Morgan fingerprint density at radius 1 is 0.848 bits per heavy atom. The third-order valence-corrected chi connectivity index (χ3v) is 7.30. The lowest BCUT2D eigenvalue weighted by Crippen LogP contribution is -2.32. The van der Waals surface area contributed by atoms with E-state index in [4.69, 9.17) is 15.2 Å². The largest absolute Gasteiger partial charge is 0.428 e. The van der Waals surface area contributed by atoms with Gasteiger partial charge in [0.05, 0.1) is 23.4 Å². The van der Waals surface area contributed by atoms with Crippen molar-refractivity contribution in [2.45, 2.75) is 66.8 Å². The Balaban J connectivity index is 0.00000736. The number of aryl methyl sites for hydroxylation is 1. The van der Waals surface area contributed by atoms with Gasteiger partial charge in [0.2, 0.25) is 6.79 Å². The van der Waals surface area contributed by atoms with Gasteiger partial charge in [-0.1, -0.05) is 70.5 Å². The second kappa shape index (κ2) is 18.8. The molecule has 0 fully saturated rings. The van der Waals surface area contributed by atoms with Crippen LogP contribution >= 0.6 is 12.4 Å². The number of rotatable bonds is 15. The number of nitrogens with one attached hydrogen (secondary N) is 2.